The Morgan fingerprint density at radius 2 is 2.00 bits per heavy atom. The number of allylic oxidation sites excluding steroid dienone is 1. The van der Waals surface area contributed by atoms with Crippen molar-refractivity contribution < 1.29 is 14.6 Å². The molecule has 0 radical (unpaired) electrons. The van der Waals surface area contributed by atoms with Gasteiger partial charge in [-0.25, -0.2) is 4.79 Å². The summed E-state index contributed by atoms with van der Waals surface area (Å²) in [5.41, 5.74) is 3.88. The van der Waals surface area contributed by atoms with Crippen LogP contribution in [0.25, 0.3) is 0 Å². The van der Waals surface area contributed by atoms with E-state index in [0.717, 1.165) is 6.42 Å². The predicted octanol–water partition coefficient (Wildman–Crippen LogP) is 3.29. The van der Waals surface area contributed by atoms with Crippen molar-refractivity contribution in [3.63, 3.8) is 0 Å². The molecule has 0 aromatic carbocycles. The minimum Gasteiger partial charge on any atom is -0.450 e. The Morgan fingerprint density at radius 3 is 2.53 bits per heavy atom. The molecule has 0 fully saturated rings. The van der Waals surface area contributed by atoms with Crippen molar-refractivity contribution in [3.8, 4) is 0 Å². The molecule has 0 aliphatic carbocycles. The van der Waals surface area contributed by atoms with Gasteiger partial charge in [0.1, 0.15) is 0 Å². The summed E-state index contributed by atoms with van der Waals surface area (Å²) < 4.78 is 4.53. The summed E-state index contributed by atoms with van der Waals surface area (Å²) in [6.07, 6.45) is -0.268. The van der Waals surface area contributed by atoms with Gasteiger partial charge in [-0.3, -0.25) is 0 Å². The Balaban J connectivity index is 3.65. The molecule has 3 nitrogen and oxygen atoms in total. The summed E-state index contributed by atoms with van der Waals surface area (Å²) in [5.74, 6) is 0. The molecule has 0 saturated carbocycles. The van der Waals surface area contributed by atoms with Gasteiger partial charge >= 0.3 is 6.16 Å². The first-order valence-corrected chi connectivity index (χ1v) is 11.6. The molecule has 17 heavy (non-hydrogen) atoms. The standard InChI is InChI=1S/C12H26O3Si2/c1-11(2)10-16-7-9-17(3,4)8-5-6-15-12(13)14/h10H,5-9,16H2,1-4H3,(H,13,14). The molecule has 0 heterocycles. The second-order valence-electron chi connectivity index (χ2n) is 5.56. The van der Waals surface area contributed by atoms with Crippen molar-refractivity contribution in [2.24, 2.45) is 0 Å². The highest BCUT2D eigenvalue weighted by atomic mass is 28.3. The zero-order valence-electron chi connectivity index (χ0n) is 11.6. The minimum absolute atomic E-state index is 0.0100. The van der Waals surface area contributed by atoms with E-state index in [0.29, 0.717) is 6.61 Å². The Hall–Kier alpha value is -0.556. The molecule has 0 unspecified atom stereocenters. The number of hydrogen-bond acceptors (Lipinski definition) is 2. The zero-order chi connectivity index (χ0) is 13.3. The summed E-state index contributed by atoms with van der Waals surface area (Å²) in [5, 5.41) is 8.36. The molecule has 0 rings (SSSR count). The Labute approximate surface area is 108 Å². The lowest BCUT2D eigenvalue weighted by Gasteiger charge is -2.21. The number of rotatable bonds is 8. The highest BCUT2D eigenvalue weighted by Crippen LogP contribution is 2.19. The number of ether oxygens (including phenoxy) is 1. The van der Waals surface area contributed by atoms with E-state index < -0.39 is 14.2 Å². The van der Waals surface area contributed by atoms with Gasteiger partial charge < -0.3 is 9.84 Å². The third-order valence-corrected chi connectivity index (χ3v) is 8.82. The van der Waals surface area contributed by atoms with Gasteiger partial charge in [-0.1, -0.05) is 36.8 Å². The highest BCUT2D eigenvalue weighted by molar-refractivity contribution is 6.78. The Kier molecular flexibility index (Phi) is 8.24. The van der Waals surface area contributed by atoms with Gasteiger partial charge in [0, 0.05) is 17.6 Å². The third kappa shape index (κ3) is 11.7. The topological polar surface area (TPSA) is 46.5 Å². The largest absolute Gasteiger partial charge is 0.505 e. The monoisotopic (exact) mass is 274 g/mol. The van der Waals surface area contributed by atoms with Crippen LogP contribution in [0.2, 0.25) is 31.2 Å². The summed E-state index contributed by atoms with van der Waals surface area (Å²) in [6.45, 7) is 9.48. The Morgan fingerprint density at radius 1 is 1.35 bits per heavy atom. The van der Waals surface area contributed by atoms with Crippen LogP contribution >= 0.6 is 0 Å². The van der Waals surface area contributed by atoms with E-state index >= 15 is 0 Å². The second-order valence-corrected chi connectivity index (χ2v) is 12.6. The maximum absolute atomic E-state index is 10.2. The van der Waals surface area contributed by atoms with E-state index in [-0.39, 0.29) is 9.52 Å². The van der Waals surface area contributed by atoms with Crippen LogP contribution in [0, 0.1) is 0 Å². The van der Waals surface area contributed by atoms with Crippen LogP contribution in [-0.4, -0.2) is 35.5 Å². The first-order valence-electron chi connectivity index (χ1n) is 6.32. The third-order valence-electron chi connectivity index (χ3n) is 2.83. The molecule has 0 aliphatic heterocycles. The van der Waals surface area contributed by atoms with Gasteiger partial charge in [-0.15, -0.1) is 5.70 Å². The smallest absolute Gasteiger partial charge is 0.450 e. The molecule has 0 atom stereocenters. The van der Waals surface area contributed by atoms with Gasteiger partial charge in [0.05, 0.1) is 6.61 Å². The van der Waals surface area contributed by atoms with Gasteiger partial charge in [0.2, 0.25) is 0 Å². The van der Waals surface area contributed by atoms with Crippen molar-refractivity contribution in [1.29, 1.82) is 0 Å². The molecule has 1 N–H and O–H groups in total. The first-order chi connectivity index (χ1) is 7.83. The van der Waals surface area contributed by atoms with E-state index in [1.807, 2.05) is 0 Å². The van der Waals surface area contributed by atoms with E-state index in [1.165, 1.54) is 23.7 Å². The first kappa shape index (κ1) is 16.4. The average molecular weight is 275 g/mol. The SMILES string of the molecule is CC(C)=C[SiH2]CC[Si](C)(C)CCCOC(=O)O. The lowest BCUT2D eigenvalue weighted by atomic mass is 10.4. The molecule has 5 heteroatoms. The normalized spacial score (nSPS) is 11.8. The van der Waals surface area contributed by atoms with Crippen molar-refractivity contribution in [1.82, 2.24) is 0 Å². The van der Waals surface area contributed by atoms with E-state index in [2.05, 4.69) is 37.4 Å². The van der Waals surface area contributed by atoms with Gasteiger partial charge in [0.25, 0.3) is 0 Å². The second kappa shape index (κ2) is 8.52. The number of carboxylic acid groups (broad SMARTS) is 1. The number of hydrogen-bond donors (Lipinski definition) is 1. The van der Waals surface area contributed by atoms with E-state index in [4.69, 9.17) is 5.11 Å². The molecule has 0 spiro atoms. The Bertz CT molecular complexity index is 258. The quantitative estimate of drug-likeness (QED) is 0.420. The number of carbonyl (C=O) groups is 1. The van der Waals surface area contributed by atoms with Gasteiger partial charge in [0.15, 0.2) is 0 Å². The molecular weight excluding hydrogens is 248 g/mol. The molecule has 0 amide bonds. The molecular formula is C12H26O3Si2. The van der Waals surface area contributed by atoms with E-state index in [9.17, 15) is 4.79 Å². The summed E-state index contributed by atoms with van der Waals surface area (Å²) in [4.78, 5) is 10.2. The minimum atomic E-state index is -1.15. The summed E-state index contributed by atoms with van der Waals surface area (Å²) in [6, 6.07) is 3.93. The molecule has 0 saturated heterocycles. The van der Waals surface area contributed by atoms with Crippen LogP contribution in [0.3, 0.4) is 0 Å². The summed E-state index contributed by atoms with van der Waals surface area (Å²) >= 11 is 0. The molecule has 0 bridgehead atoms. The van der Waals surface area contributed by atoms with Crippen molar-refractivity contribution in [3.05, 3.63) is 11.3 Å². The van der Waals surface area contributed by atoms with Crippen molar-refractivity contribution in [2.45, 2.75) is 51.5 Å². The predicted molar refractivity (Wildman–Crippen MR) is 78.5 cm³/mol. The van der Waals surface area contributed by atoms with Crippen molar-refractivity contribution in [2.75, 3.05) is 6.61 Å². The molecule has 0 aliphatic rings. The van der Waals surface area contributed by atoms with Crippen LogP contribution in [0.1, 0.15) is 20.3 Å². The fraction of sp³-hybridized carbons (Fsp3) is 0.750. The molecule has 0 aromatic rings. The maximum Gasteiger partial charge on any atom is 0.505 e. The van der Waals surface area contributed by atoms with Crippen LogP contribution < -0.4 is 0 Å². The van der Waals surface area contributed by atoms with Gasteiger partial charge in [-0.05, 0) is 20.3 Å². The average Bonchev–Trinajstić information content (AvgIpc) is 2.19. The van der Waals surface area contributed by atoms with Crippen LogP contribution in [0.15, 0.2) is 11.3 Å². The molecule has 0 aromatic heterocycles. The van der Waals surface area contributed by atoms with E-state index in [1.54, 1.807) is 0 Å². The van der Waals surface area contributed by atoms with Crippen LogP contribution in [-0.2, 0) is 4.74 Å². The molecule has 100 valence electrons. The lowest BCUT2D eigenvalue weighted by molar-refractivity contribution is 0.0917. The maximum atomic E-state index is 10.2. The lowest BCUT2D eigenvalue weighted by Crippen LogP contribution is -2.25. The van der Waals surface area contributed by atoms with Gasteiger partial charge in [-0.2, -0.15) is 0 Å². The highest BCUT2D eigenvalue weighted by Gasteiger charge is 2.19. The fourth-order valence-corrected chi connectivity index (χ4v) is 8.58. The van der Waals surface area contributed by atoms with Crippen LogP contribution in [0.5, 0.6) is 0 Å². The van der Waals surface area contributed by atoms with Crippen LogP contribution in [0.4, 0.5) is 4.79 Å². The zero-order valence-corrected chi connectivity index (χ0v) is 14.0. The van der Waals surface area contributed by atoms with Crippen molar-refractivity contribution >= 4 is 23.7 Å². The summed E-state index contributed by atoms with van der Waals surface area (Å²) in [7, 11) is -1.12. The fourth-order valence-electron chi connectivity index (χ4n) is 1.81.